The number of thiazole rings is 1. The summed E-state index contributed by atoms with van der Waals surface area (Å²) in [7, 11) is 0. The molecule has 2 aliphatic heterocycles. The molecule has 0 bridgehead atoms. The van der Waals surface area contributed by atoms with Crippen LogP contribution < -0.4 is 4.74 Å². The van der Waals surface area contributed by atoms with E-state index in [1.54, 1.807) is 31.0 Å². The van der Waals surface area contributed by atoms with Gasteiger partial charge in [0, 0.05) is 0 Å². The fourth-order valence-electron chi connectivity index (χ4n) is 3.44. The van der Waals surface area contributed by atoms with Crippen LogP contribution in [0.25, 0.3) is 4.83 Å². The monoisotopic (exact) mass is 411 g/mol. The Hall–Kier alpha value is -1.49. The maximum absolute atomic E-state index is 12.6. The number of aliphatic hydroxyl groups excluding tert-OH is 1. The number of rotatable bonds is 5. The van der Waals surface area contributed by atoms with Crippen molar-refractivity contribution < 1.29 is 19.4 Å². The Balaban J connectivity index is 1.53. The molecule has 138 valence electrons. The maximum Gasteiger partial charge on any atom is 0.360 e. The van der Waals surface area contributed by atoms with E-state index in [2.05, 4.69) is 4.98 Å². The van der Waals surface area contributed by atoms with Gasteiger partial charge in [0.2, 0.25) is 11.0 Å². The topological polar surface area (TPSA) is 84.1 Å². The second-order valence-corrected chi connectivity index (χ2v) is 8.65. The van der Waals surface area contributed by atoms with Crippen LogP contribution in [0.1, 0.15) is 13.3 Å². The van der Waals surface area contributed by atoms with Crippen LogP contribution in [0, 0.1) is 5.92 Å². The zero-order valence-electron chi connectivity index (χ0n) is 14.3. The van der Waals surface area contributed by atoms with E-state index in [-0.39, 0.29) is 17.6 Å². The van der Waals surface area contributed by atoms with Gasteiger partial charge in [-0.05, 0) is 25.9 Å². The molecule has 1 fully saturated rings. The second-order valence-electron chi connectivity index (χ2n) is 6.09. The molecule has 0 saturated carbocycles. The molecule has 1 amide bonds. The van der Waals surface area contributed by atoms with Crippen molar-refractivity contribution in [1.29, 1.82) is 0 Å². The second kappa shape index (κ2) is 6.59. The summed E-state index contributed by atoms with van der Waals surface area (Å²) in [5, 5.41) is 11.9. The van der Waals surface area contributed by atoms with E-state index in [0.717, 1.165) is 15.0 Å². The average molecular weight is 412 g/mol. The Labute approximate surface area is 162 Å². The van der Waals surface area contributed by atoms with Gasteiger partial charge in [-0.15, -0.1) is 11.8 Å². The third-order valence-electron chi connectivity index (χ3n) is 4.62. The molecule has 26 heavy (non-hydrogen) atoms. The highest BCUT2D eigenvalue weighted by molar-refractivity contribution is 7.99. The van der Waals surface area contributed by atoms with Gasteiger partial charge in [0.05, 0.1) is 24.3 Å². The normalized spacial score (nSPS) is 23.0. The molecule has 2 aromatic rings. The first-order valence-electron chi connectivity index (χ1n) is 7.99. The Kier molecular flexibility index (Phi) is 4.54. The SMILES string of the molecule is CSc1nc(SC)n2cc(OC(=O)C3=CC[C@@H]4[C@@H]([C@@H](C)O)C(=O)N34)sc12. The number of fused-ring (bicyclic) bond motifs is 2. The fourth-order valence-corrected chi connectivity index (χ4v) is 5.74. The van der Waals surface area contributed by atoms with E-state index in [1.807, 2.05) is 16.9 Å². The van der Waals surface area contributed by atoms with Crippen LogP contribution in [-0.4, -0.2) is 55.9 Å². The van der Waals surface area contributed by atoms with Gasteiger partial charge in [-0.3, -0.25) is 9.20 Å². The molecule has 0 spiro atoms. The van der Waals surface area contributed by atoms with E-state index >= 15 is 0 Å². The first kappa shape index (κ1) is 17.9. The molecule has 4 heterocycles. The van der Waals surface area contributed by atoms with Crippen molar-refractivity contribution in [1.82, 2.24) is 14.3 Å². The number of amides is 1. The lowest BCUT2D eigenvalue weighted by Gasteiger charge is -2.44. The molecular formula is C16H17N3O4S3. The summed E-state index contributed by atoms with van der Waals surface area (Å²) in [5.74, 6) is -1.20. The third kappa shape index (κ3) is 2.58. The molecule has 2 aliphatic rings. The average Bonchev–Trinajstić information content (AvgIpc) is 3.25. The van der Waals surface area contributed by atoms with Gasteiger partial charge in [-0.2, -0.15) is 0 Å². The van der Waals surface area contributed by atoms with E-state index in [0.29, 0.717) is 11.5 Å². The van der Waals surface area contributed by atoms with Gasteiger partial charge in [-0.25, -0.2) is 9.78 Å². The zero-order chi connectivity index (χ0) is 18.6. The number of ether oxygens (including phenoxy) is 1. The smallest absolute Gasteiger partial charge is 0.360 e. The maximum atomic E-state index is 12.6. The van der Waals surface area contributed by atoms with Crippen molar-refractivity contribution in [2.24, 2.45) is 5.92 Å². The Morgan fingerprint density at radius 2 is 2.23 bits per heavy atom. The number of carbonyl (C=O) groups is 2. The number of aromatic nitrogens is 2. The highest BCUT2D eigenvalue weighted by Gasteiger charge is 2.54. The number of hydrogen-bond acceptors (Lipinski definition) is 8. The molecular weight excluding hydrogens is 394 g/mol. The minimum Gasteiger partial charge on any atom is -0.409 e. The highest BCUT2D eigenvalue weighted by atomic mass is 32.2. The van der Waals surface area contributed by atoms with Gasteiger partial charge in [-0.1, -0.05) is 29.2 Å². The van der Waals surface area contributed by atoms with Crippen LogP contribution in [0.15, 0.2) is 28.2 Å². The van der Waals surface area contributed by atoms with E-state index in [1.165, 1.54) is 28.0 Å². The summed E-state index contributed by atoms with van der Waals surface area (Å²) in [6, 6.07) is -0.139. The van der Waals surface area contributed by atoms with Gasteiger partial charge < -0.3 is 14.7 Å². The molecule has 4 rings (SSSR count). The standard InChI is InChI=1S/C16H17N3O4S3/c1-7(20)11-8-4-5-9(19(8)13(11)21)15(22)23-10-6-18-14(26-10)12(24-2)17-16(18)25-3/h5-8,11,20H,4H2,1-3H3/t7-,8-,11-/m1/s1. The number of aliphatic hydroxyl groups is 1. The number of carbonyl (C=O) groups excluding carboxylic acids is 2. The molecule has 3 atom stereocenters. The van der Waals surface area contributed by atoms with Gasteiger partial charge in [0.15, 0.2) is 5.16 Å². The molecule has 1 N–H and O–H groups in total. The summed E-state index contributed by atoms with van der Waals surface area (Å²) in [6.07, 6.45) is 7.22. The Bertz CT molecular complexity index is 896. The van der Waals surface area contributed by atoms with Crippen LogP contribution >= 0.6 is 34.9 Å². The van der Waals surface area contributed by atoms with Crippen molar-refractivity contribution in [3.05, 3.63) is 18.0 Å². The van der Waals surface area contributed by atoms with Crippen LogP contribution in [-0.2, 0) is 9.59 Å². The summed E-state index contributed by atoms with van der Waals surface area (Å²) in [6.45, 7) is 1.60. The van der Waals surface area contributed by atoms with Crippen molar-refractivity contribution in [3.8, 4) is 5.06 Å². The lowest BCUT2D eigenvalue weighted by atomic mass is 9.83. The lowest BCUT2D eigenvalue weighted by molar-refractivity contribution is -0.160. The molecule has 7 nitrogen and oxygen atoms in total. The zero-order valence-corrected chi connectivity index (χ0v) is 16.8. The molecule has 2 aromatic heterocycles. The number of hydrogen-bond donors (Lipinski definition) is 1. The number of imidazole rings is 1. The number of β-lactam (4-membered cyclic amide) rings is 1. The molecule has 0 unspecified atom stereocenters. The van der Waals surface area contributed by atoms with Crippen molar-refractivity contribution >= 4 is 51.6 Å². The predicted molar refractivity (Wildman–Crippen MR) is 101 cm³/mol. The Morgan fingerprint density at radius 3 is 2.88 bits per heavy atom. The molecule has 0 aliphatic carbocycles. The largest absolute Gasteiger partial charge is 0.409 e. The number of nitrogens with zero attached hydrogens (tertiary/aromatic N) is 3. The van der Waals surface area contributed by atoms with E-state index in [4.69, 9.17) is 4.74 Å². The summed E-state index contributed by atoms with van der Waals surface area (Å²) in [5.41, 5.74) is 0.267. The highest BCUT2D eigenvalue weighted by Crippen LogP contribution is 2.41. The summed E-state index contributed by atoms with van der Waals surface area (Å²) < 4.78 is 7.44. The summed E-state index contributed by atoms with van der Waals surface area (Å²) >= 11 is 4.41. The van der Waals surface area contributed by atoms with E-state index in [9.17, 15) is 14.7 Å². The van der Waals surface area contributed by atoms with Crippen molar-refractivity contribution in [3.63, 3.8) is 0 Å². The molecule has 0 aromatic carbocycles. The molecule has 1 saturated heterocycles. The minimum absolute atomic E-state index is 0.139. The lowest BCUT2D eigenvalue weighted by Crippen LogP contribution is -2.62. The van der Waals surface area contributed by atoms with Crippen LogP contribution in [0.5, 0.6) is 5.06 Å². The number of thioether (sulfide) groups is 2. The van der Waals surface area contributed by atoms with Gasteiger partial charge in [0.25, 0.3) is 0 Å². The third-order valence-corrected chi connectivity index (χ3v) is 7.04. The Morgan fingerprint density at radius 1 is 1.46 bits per heavy atom. The van der Waals surface area contributed by atoms with Gasteiger partial charge >= 0.3 is 5.97 Å². The minimum atomic E-state index is -0.714. The van der Waals surface area contributed by atoms with Crippen LogP contribution in [0.3, 0.4) is 0 Å². The van der Waals surface area contributed by atoms with Crippen molar-refractivity contribution in [2.45, 2.75) is 35.7 Å². The van der Waals surface area contributed by atoms with E-state index < -0.39 is 18.0 Å². The molecule has 10 heteroatoms. The van der Waals surface area contributed by atoms with Gasteiger partial charge in [0.1, 0.15) is 15.6 Å². The van der Waals surface area contributed by atoms with Crippen LogP contribution in [0.2, 0.25) is 0 Å². The number of esters is 1. The quantitative estimate of drug-likeness (QED) is 0.459. The molecule has 0 radical (unpaired) electrons. The van der Waals surface area contributed by atoms with Crippen LogP contribution in [0.4, 0.5) is 0 Å². The first-order valence-corrected chi connectivity index (χ1v) is 11.3. The predicted octanol–water partition coefficient (Wildman–Crippen LogP) is 2.24. The fraction of sp³-hybridized carbons (Fsp3) is 0.438. The first-order chi connectivity index (χ1) is 12.5. The summed E-state index contributed by atoms with van der Waals surface area (Å²) in [4.78, 5) is 31.7. The van der Waals surface area contributed by atoms with Crippen molar-refractivity contribution in [2.75, 3.05) is 12.5 Å².